The highest BCUT2D eigenvalue weighted by molar-refractivity contribution is 7.80. The molecule has 0 spiro atoms. The van der Waals surface area contributed by atoms with Crippen molar-refractivity contribution in [2.24, 2.45) is 0 Å². The van der Waals surface area contributed by atoms with Gasteiger partial charge in [0.1, 0.15) is 5.75 Å². The molecule has 1 fully saturated rings. The van der Waals surface area contributed by atoms with E-state index in [1.807, 2.05) is 18.2 Å². The number of anilines is 1. The van der Waals surface area contributed by atoms with Gasteiger partial charge in [-0.15, -0.1) is 6.58 Å². The summed E-state index contributed by atoms with van der Waals surface area (Å²) in [4.78, 5) is 2.27. The first-order valence-corrected chi connectivity index (χ1v) is 8.39. The van der Waals surface area contributed by atoms with Gasteiger partial charge in [-0.05, 0) is 49.7 Å². The van der Waals surface area contributed by atoms with Crippen LogP contribution in [0.5, 0.6) is 5.75 Å². The van der Waals surface area contributed by atoms with Gasteiger partial charge in [0.15, 0.2) is 5.11 Å². The molecular weight excluding hydrogens is 292 g/mol. The topological polar surface area (TPSA) is 24.5 Å². The largest absolute Gasteiger partial charge is 0.495 e. The minimum atomic E-state index is 0.516. The summed E-state index contributed by atoms with van der Waals surface area (Å²) in [5.41, 5.74) is 2.11. The Hall–Kier alpha value is -1.55. The first-order chi connectivity index (χ1) is 10.7. The van der Waals surface area contributed by atoms with Crippen LogP contribution < -0.4 is 10.1 Å². The van der Waals surface area contributed by atoms with Crippen molar-refractivity contribution in [1.29, 1.82) is 0 Å². The average molecular weight is 318 g/mol. The van der Waals surface area contributed by atoms with Crippen molar-refractivity contribution in [3.05, 3.63) is 36.4 Å². The Kier molecular flexibility index (Phi) is 6.25. The number of hydrogen-bond donors (Lipinski definition) is 1. The molecule has 0 aromatic heterocycles. The second kappa shape index (κ2) is 8.18. The fourth-order valence-corrected chi connectivity index (χ4v) is 3.37. The highest BCUT2D eigenvalue weighted by Crippen LogP contribution is 2.27. The van der Waals surface area contributed by atoms with Gasteiger partial charge in [0.25, 0.3) is 0 Å². The summed E-state index contributed by atoms with van der Waals surface area (Å²) in [7, 11) is 1.68. The molecule has 1 aliphatic rings. The molecule has 2 rings (SSSR count). The van der Waals surface area contributed by atoms with Gasteiger partial charge in [0.05, 0.1) is 12.8 Å². The third-order valence-corrected chi connectivity index (χ3v) is 4.54. The van der Waals surface area contributed by atoms with Crippen LogP contribution in [-0.4, -0.2) is 29.7 Å². The third-order valence-electron chi connectivity index (χ3n) is 4.20. The summed E-state index contributed by atoms with van der Waals surface area (Å²) < 4.78 is 5.43. The summed E-state index contributed by atoms with van der Waals surface area (Å²) in [5, 5.41) is 4.13. The molecule has 22 heavy (non-hydrogen) atoms. The molecule has 0 atom stereocenters. The molecule has 0 saturated heterocycles. The molecule has 0 unspecified atom stereocenters. The normalized spacial score (nSPS) is 15.2. The lowest BCUT2D eigenvalue weighted by molar-refractivity contribution is 0.263. The van der Waals surface area contributed by atoms with Crippen molar-refractivity contribution in [3.8, 4) is 5.75 Å². The Balaban J connectivity index is 2.13. The van der Waals surface area contributed by atoms with E-state index in [2.05, 4.69) is 29.8 Å². The van der Waals surface area contributed by atoms with Crippen LogP contribution in [0.3, 0.4) is 0 Å². The lowest BCUT2D eigenvalue weighted by atomic mass is 9.94. The molecule has 120 valence electrons. The molecule has 0 aliphatic heterocycles. The predicted octanol–water partition coefficient (Wildman–Crippen LogP) is 4.52. The Labute approximate surface area is 139 Å². The van der Waals surface area contributed by atoms with Crippen LogP contribution in [0.4, 0.5) is 5.69 Å². The van der Waals surface area contributed by atoms with Crippen molar-refractivity contribution in [2.75, 3.05) is 19.0 Å². The van der Waals surface area contributed by atoms with E-state index < -0.39 is 0 Å². The SMILES string of the molecule is C=CCN(C(=S)Nc1cc(C)ccc1OC)C1CCCCC1. The van der Waals surface area contributed by atoms with Gasteiger partial charge in [0.2, 0.25) is 0 Å². The predicted molar refractivity (Wildman–Crippen MR) is 97.7 cm³/mol. The van der Waals surface area contributed by atoms with Gasteiger partial charge >= 0.3 is 0 Å². The maximum atomic E-state index is 5.67. The maximum Gasteiger partial charge on any atom is 0.174 e. The van der Waals surface area contributed by atoms with Crippen molar-refractivity contribution >= 4 is 23.0 Å². The third kappa shape index (κ3) is 4.23. The van der Waals surface area contributed by atoms with Gasteiger partial charge in [-0.3, -0.25) is 0 Å². The summed E-state index contributed by atoms with van der Waals surface area (Å²) >= 11 is 5.67. The number of nitrogens with one attached hydrogen (secondary N) is 1. The van der Waals surface area contributed by atoms with Gasteiger partial charge < -0.3 is 15.0 Å². The molecule has 1 N–H and O–H groups in total. The fourth-order valence-electron chi connectivity index (χ4n) is 3.04. The molecular formula is C18H26N2OS. The molecule has 0 radical (unpaired) electrons. The Morgan fingerprint density at radius 2 is 2.14 bits per heavy atom. The zero-order valence-electron chi connectivity index (χ0n) is 13.6. The molecule has 0 bridgehead atoms. The number of nitrogens with zero attached hydrogens (tertiary/aromatic N) is 1. The maximum absolute atomic E-state index is 5.67. The highest BCUT2D eigenvalue weighted by atomic mass is 32.1. The van der Waals surface area contributed by atoms with Crippen LogP contribution in [0.25, 0.3) is 0 Å². The number of ether oxygens (including phenoxy) is 1. The van der Waals surface area contributed by atoms with Crippen LogP contribution in [0.2, 0.25) is 0 Å². The van der Waals surface area contributed by atoms with Crippen molar-refractivity contribution in [2.45, 2.75) is 45.1 Å². The molecule has 1 aliphatic carbocycles. The zero-order chi connectivity index (χ0) is 15.9. The van der Waals surface area contributed by atoms with E-state index in [1.165, 1.54) is 37.7 Å². The number of methoxy groups -OCH3 is 1. The minimum Gasteiger partial charge on any atom is -0.495 e. The van der Waals surface area contributed by atoms with E-state index in [1.54, 1.807) is 7.11 Å². The fraction of sp³-hybridized carbons (Fsp3) is 0.500. The van der Waals surface area contributed by atoms with E-state index in [0.717, 1.165) is 23.1 Å². The standard InChI is InChI=1S/C18H26N2OS/c1-4-12-20(15-8-6-5-7-9-15)18(22)19-16-13-14(2)10-11-17(16)21-3/h4,10-11,13,15H,1,5-9,12H2,2-3H3,(H,19,22). The minimum absolute atomic E-state index is 0.516. The van der Waals surface area contributed by atoms with Gasteiger partial charge in [-0.25, -0.2) is 0 Å². The molecule has 1 aromatic rings. The van der Waals surface area contributed by atoms with E-state index in [4.69, 9.17) is 17.0 Å². The monoisotopic (exact) mass is 318 g/mol. The van der Waals surface area contributed by atoms with E-state index >= 15 is 0 Å². The molecule has 0 amide bonds. The van der Waals surface area contributed by atoms with Crippen LogP contribution in [0.15, 0.2) is 30.9 Å². The van der Waals surface area contributed by atoms with Crippen molar-refractivity contribution < 1.29 is 4.74 Å². The number of hydrogen-bond acceptors (Lipinski definition) is 2. The zero-order valence-corrected chi connectivity index (χ0v) is 14.4. The van der Waals surface area contributed by atoms with Gasteiger partial charge in [-0.1, -0.05) is 31.4 Å². The summed E-state index contributed by atoms with van der Waals surface area (Å²) in [6.07, 6.45) is 8.25. The average Bonchev–Trinajstić information content (AvgIpc) is 2.53. The molecule has 3 nitrogen and oxygen atoms in total. The van der Waals surface area contributed by atoms with Crippen molar-refractivity contribution in [3.63, 3.8) is 0 Å². The summed E-state index contributed by atoms with van der Waals surface area (Å²) in [5.74, 6) is 0.815. The molecule has 1 saturated carbocycles. The van der Waals surface area contributed by atoms with Gasteiger partial charge in [-0.2, -0.15) is 0 Å². The lowest BCUT2D eigenvalue weighted by Crippen LogP contribution is -2.43. The van der Waals surface area contributed by atoms with Crippen LogP contribution in [0, 0.1) is 6.92 Å². The Morgan fingerprint density at radius 1 is 1.41 bits per heavy atom. The first kappa shape index (κ1) is 16.8. The van der Waals surface area contributed by atoms with Crippen LogP contribution in [0.1, 0.15) is 37.7 Å². The summed E-state index contributed by atoms with van der Waals surface area (Å²) in [6.45, 7) is 6.73. The van der Waals surface area contributed by atoms with E-state index in [9.17, 15) is 0 Å². The number of rotatable bonds is 5. The Bertz CT molecular complexity index is 524. The van der Waals surface area contributed by atoms with Crippen molar-refractivity contribution in [1.82, 2.24) is 4.90 Å². The highest BCUT2D eigenvalue weighted by Gasteiger charge is 2.22. The van der Waals surface area contributed by atoms with Crippen LogP contribution in [-0.2, 0) is 0 Å². The van der Waals surface area contributed by atoms with Gasteiger partial charge in [0, 0.05) is 12.6 Å². The second-order valence-corrected chi connectivity index (χ2v) is 6.25. The number of benzene rings is 1. The number of thiocarbonyl (C=S) groups is 1. The Morgan fingerprint density at radius 3 is 2.77 bits per heavy atom. The number of aryl methyl sites for hydroxylation is 1. The van der Waals surface area contributed by atoms with E-state index in [0.29, 0.717) is 6.04 Å². The quantitative estimate of drug-likeness (QED) is 0.637. The lowest BCUT2D eigenvalue weighted by Gasteiger charge is -2.35. The van der Waals surface area contributed by atoms with E-state index in [-0.39, 0.29) is 0 Å². The molecule has 1 aromatic carbocycles. The summed E-state index contributed by atoms with van der Waals surface area (Å²) in [6, 6.07) is 6.59. The molecule has 4 heteroatoms. The second-order valence-electron chi connectivity index (χ2n) is 5.87. The van der Waals surface area contributed by atoms with Crippen LogP contribution >= 0.6 is 12.2 Å². The first-order valence-electron chi connectivity index (χ1n) is 7.99. The molecule has 0 heterocycles. The smallest absolute Gasteiger partial charge is 0.174 e.